The molecule has 2 aromatic rings. The molecule has 0 saturated carbocycles. The Morgan fingerprint density at radius 2 is 1.81 bits per heavy atom. The van der Waals surface area contributed by atoms with Crippen LogP contribution in [-0.2, 0) is 9.59 Å². The molecule has 2 unspecified atom stereocenters. The minimum Gasteiger partial charge on any atom is -0.494 e. The fourth-order valence-corrected chi connectivity index (χ4v) is 5.40. The van der Waals surface area contributed by atoms with Gasteiger partial charge in [-0.05, 0) is 32.6 Å². The molecule has 8 heteroatoms. The Balaban J connectivity index is 1.28. The fourth-order valence-electron chi connectivity index (χ4n) is 5.40. The van der Waals surface area contributed by atoms with E-state index in [1.807, 2.05) is 11.8 Å². The molecule has 2 atom stereocenters. The number of Topliss-reactive ketones (excluding diaryl/α,β-unsaturated/α-hetero) is 1. The number of pyridine rings is 1. The number of hydrogen-bond donors (Lipinski definition) is 1. The Labute approximate surface area is 186 Å². The van der Waals surface area contributed by atoms with Crippen LogP contribution in [0.4, 0.5) is 0 Å². The Morgan fingerprint density at radius 1 is 1.09 bits per heavy atom. The first-order chi connectivity index (χ1) is 15.5. The molecule has 1 N–H and O–H groups in total. The molecule has 8 nitrogen and oxygen atoms in total. The average molecular weight is 437 g/mol. The highest BCUT2D eigenvalue weighted by molar-refractivity contribution is 6.45. The maximum absolute atomic E-state index is 13.1. The number of aromatic amines is 1. The van der Waals surface area contributed by atoms with E-state index in [1.165, 1.54) is 7.11 Å². The van der Waals surface area contributed by atoms with Crippen LogP contribution in [0.1, 0.15) is 41.7 Å². The maximum Gasteiger partial charge on any atom is 0.295 e. The third-order valence-electron chi connectivity index (χ3n) is 7.15. The normalized spacial score (nSPS) is 22.8. The van der Waals surface area contributed by atoms with E-state index in [0.29, 0.717) is 48.4 Å². The van der Waals surface area contributed by atoms with Crippen LogP contribution in [0.15, 0.2) is 24.0 Å². The van der Waals surface area contributed by atoms with Crippen LogP contribution < -0.4 is 4.74 Å². The van der Waals surface area contributed by atoms with Gasteiger partial charge in [-0.25, -0.2) is 0 Å². The molecule has 0 aromatic carbocycles. The molecule has 2 saturated heterocycles. The number of aromatic nitrogens is 2. The number of hydrogen-bond acceptors (Lipinski definition) is 5. The molecule has 0 spiro atoms. The number of likely N-dealkylation sites (tertiary alicyclic amines) is 2. The first kappa shape index (κ1) is 20.7. The summed E-state index contributed by atoms with van der Waals surface area (Å²) in [4.78, 5) is 50.0. The Bertz CT molecular complexity index is 1120. The van der Waals surface area contributed by atoms with Gasteiger partial charge in [0.05, 0.1) is 35.5 Å². The second kappa shape index (κ2) is 8.07. The van der Waals surface area contributed by atoms with E-state index in [0.717, 1.165) is 37.0 Å². The maximum atomic E-state index is 13.1. The third-order valence-corrected chi connectivity index (χ3v) is 7.15. The Kier molecular flexibility index (Phi) is 5.23. The van der Waals surface area contributed by atoms with E-state index in [1.54, 1.807) is 17.3 Å². The molecule has 2 aromatic heterocycles. The highest BCUT2D eigenvalue weighted by Gasteiger charge is 2.44. The summed E-state index contributed by atoms with van der Waals surface area (Å²) in [5.74, 6) is 0.0353. The molecule has 2 fully saturated rings. The van der Waals surface area contributed by atoms with E-state index in [4.69, 9.17) is 4.74 Å². The van der Waals surface area contributed by atoms with Crippen LogP contribution in [0.25, 0.3) is 10.9 Å². The van der Waals surface area contributed by atoms with Gasteiger partial charge in [-0.15, -0.1) is 0 Å². The summed E-state index contributed by atoms with van der Waals surface area (Å²) in [7, 11) is 1.52. The summed E-state index contributed by atoms with van der Waals surface area (Å²) in [6.07, 6.45) is 9.31. The molecule has 0 radical (unpaired) electrons. The summed E-state index contributed by atoms with van der Waals surface area (Å²) in [5.41, 5.74) is 2.69. The lowest BCUT2D eigenvalue weighted by Gasteiger charge is -2.23. The molecule has 2 amide bonds. The van der Waals surface area contributed by atoms with E-state index in [-0.39, 0.29) is 17.7 Å². The molecule has 1 aliphatic carbocycles. The zero-order valence-corrected chi connectivity index (χ0v) is 18.5. The molecular formula is C24H28N4O4. The van der Waals surface area contributed by atoms with Crippen LogP contribution in [-0.4, -0.2) is 70.7 Å². The number of fused-ring (bicyclic) bond motifs is 2. The number of methoxy groups -OCH3 is 1. The van der Waals surface area contributed by atoms with Gasteiger partial charge < -0.3 is 19.5 Å². The van der Waals surface area contributed by atoms with Gasteiger partial charge in [-0.2, -0.15) is 0 Å². The summed E-state index contributed by atoms with van der Waals surface area (Å²) >= 11 is 0. The van der Waals surface area contributed by atoms with Gasteiger partial charge in [0.15, 0.2) is 0 Å². The summed E-state index contributed by atoms with van der Waals surface area (Å²) < 4.78 is 5.38. The zero-order chi connectivity index (χ0) is 22.4. The predicted molar refractivity (Wildman–Crippen MR) is 118 cm³/mol. The van der Waals surface area contributed by atoms with Gasteiger partial charge in [-0.3, -0.25) is 19.4 Å². The van der Waals surface area contributed by atoms with Crippen molar-refractivity contribution in [3.63, 3.8) is 0 Å². The molecule has 0 bridgehead atoms. The first-order valence-corrected chi connectivity index (χ1v) is 11.3. The molecule has 5 rings (SSSR count). The standard InChI is InChI=1S/C24H28N4O4/c1-14-21-20(19(32-2)9-25-14)18(8-26-21)22(29)24(31)28-12-16-10-27(11-17(16)13-28)23(30)15-6-4-3-5-7-15/h6,8-9,16-17,26H,3-5,7,10-13H2,1-2H3. The lowest BCUT2D eigenvalue weighted by Crippen LogP contribution is -2.39. The van der Waals surface area contributed by atoms with Crippen LogP contribution >= 0.6 is 0 Å². The predicted octanol–water partition coefficient (Wildman–Crippen LogP) is 2.48. The Hall–Kier alpha value is -3.16. The van der Waals surface area contributed by atoms with E-state index >= 15 is 0 Å². The Morgan fingerprint density at radius 3 is 2.47 bits per heavy atom. The van der Waals surface area contributed by atoms with Crippen LogP contribution in [0, 0.1) is 18.8 Å². The third kappa shape index (κ3) is 3.38. The number of allylic oxidation sites excluding steroid dienone is 1. The highest BCUT2D eigenvalue weighted by atomic mass is 16.5. The van der Waals surface area contributed by atoms with Gasteiger partial charge >= 0.3 is 0 Å². The number of carbonyl (C=O) groups is 3. The second-order valence-electron chi connectivity index (χ2n) is 9.11. The SMILES string of the molecule is COc1cnc(C)c2[nH]cc(C(=O)C(=O)N3CC4CN(C(=O)C5=CCCCC5)CC4C3)c12. The van der Waals surface area contributed by atoms with Crippen LogP contribution in [0.3, 0.4) is 0 Å². The van der Waals surface area contributed by atoms with Crippen molar-refractivity contribution in [1.82, 2.24) is 19.8 Å². The number of rotatable bonds is 4. The van der Waals surface area contributed by atoms with Crippen molar-refractivity contribution in [2.24, 2.45) is 11.8 Å². The van der Waals surface area contributed by atoms with Gasteiger partial charge in [0, 0.05) is 49.8 Å². The molecular weight excluding hydrogens is 408 g/mol. The van der Waals surface area contributed by atoms with Crippen molar-refractivity contribution in [3.8, 4) is 5.75 Å². The molecule has 32 heavy (non-hydrogen) atoms. The number of amides is 2. The summed E-state index contributed by atoms with van der Waals surface area (Å²) in [6.45, 7) is 4.18. The van der Waals surface area contributed by atoms with Crippen molar-refractivity contribution in [2.75, 3.05) is 33.3 Å². The van der Waals surface area contributed by atoms with Crippen molar-refractivity contribution in [1.29, 1.82) is 0 Å². The number of nitrogens with one attached hydrogen (secondary N) is 1. The second-order valence-corrected chi connectivity index (χ2v) is 9.11. The number of nitrogens with zero attached hydrogens (tertiary/aromatic N) is 3. The number of ketones is 1. The van der Waals surface area contributed by atoms with Gasteiger partial charge in [0.25, 0.3) is 11.7 Å². The number of aryl methyl sites for hydroxylation is 1. The quantitative estimate of drug-likeness (QED) is 0.587. The minimum atomic E-state index is -0.541. The van der Waals surface area contributed by atoms with Crippen LogP contribution in [0.2, 0.25) is 0 Å². The average Bonchev–Trinajstić information content (AvgIpc) is 3.52. The van der Waals surface area contributed by atoms with E-state index in [2.05, 4.69) is 16.0 Å². The van der Waals surface area contributed by atoms with Gasteiger partial charge in [0.2, 0.25) is 5.91 Å². The molecule has 168 valence electrons. The van der Waals surface area contributed by atoms with Crippen molar-refractivity contribution >= 4 is 28.5 Å². The highest BCUT2D eigenvalue weighted by Crippen LogP contribution is 2.34. The van der Waals surface area contributed by atoms with Crippen molar-refractivity contribution < 1.29 is 19.1 Å². The monoisotopic (exact) mass is 436 g/mol. The van der Waals surface area contributed by atoms with E-state index < -0.39 is 11.7 Å². The largest absolute Gasteiger partial charge is 0.494 e. The smallest absolute Gasteiger partial charge is 0.295 e. The number of ether oxygens (including phenoxy) is 1. The lowest BCUT2D eigenvalue weighted by molar-refractivity contribution is -0.127. The van der Waals surface area contributed by atoms with Crippen molar-refractivity contribution in [3.05, 3.63) is 35.3 Å². The lowest BCUT2D eigenvalue weighted by atomic mass is 9.99. The molecule has 2 aliphatic heterocycles. The van der Waals surface area contributed by atoms with E-state index in [9.17, 15) is 14.4 Å². The minimum absolute atomic E-state index is 0.155. The summed E-state index contributed by atoms with van der Waals surface area (Å²) in [5, 5.41) is 0.593. The zero-order valence-electron chi connectivity index (χ0n) is 18.5. The molecule has 4 heterocycles. The fraction of sp³-hybridized carbons (Fsp3) is 0.500. The number of carbonyl (C=O) groups excluding carboxylic acids is 3. The first-order valence-electron chi connectivity index (χ1n) is 11.3. The summed E-state index contributed by atoms with van der Waals surface area (Å²) in [6, 6.07) is 0. The number of H-pyrrole nitrogens is 1. The van der Waals surface area contributed by atoms with Crippen molar-refractivity contribution in [2.45, 2.75) is 32.6 Å². The topological polar surface area (TPSA) is 95.6 Å². The van der Waals surface area contributed by atoms with Crippen LogP contribution in [0.5, 0.6) is 5.75 Å². The molecule has 3 aliphatic rings. The van der Waals surface area contributed by atoms with Gasteiger partial charge in [0.1, 0.15) is 5.75 Å². The van der Waals surface area contributed by atoms with Gasteiger partial charge in [-0.1, -0.05) is 6.08 Å².